The summed E-state index contributed by atoms with van der Waals surface area (Å²) in [5, 5.41) is 0. The van der Waals surface area contributed by atoms with Crippen molar-refractivity contribution in [3.8, 4) is 0 Å². The minimum absolute atomic E-state index is 0. The van der Waals surface area contributed by atoms with Crippen molar-refractivity contribution < 1.29 is 0 Å². The smallest absolute Gasteiger partial charge is 0.344 e. The van der Waals surface area contributed by atoms with Crippen LogP contribution < -0.4 is 0 Å². The van der Waals surface area contributed by atoms with Gasteiger partial charge in [-0.05, 0) is 0 Å². The van der Waals surface area contributed by atoms with E-state index in [9.17, 15) is 0 Å². The van der Waals surface area contributed by atoms with E-state index in [0.717, 1.165) is 6.42 Å². The fourth-order valence-corrected chi connectivity index (χ4v) is 0.898. The van der Waals surface area contributed by atoms with Crippen LogP contribution in [0, 0.1) is 13.3 Å². The molecule has 1 aliphatic carbocycles. The third-order valence-corrected chi connectivity index (χ3v) is 1.32. The van der Waals surface area contributed by atoms with Gasteiger partial charge in [0.15, 0.2) is 0 Å². The average molecular weight is 231 g/mol. The fraction of sp³-hybridized carbons (Fsp3) is 0.778. The summed E-state index contributed by atoms with van der Waals surface area (Å²) in [5.41, 5.74) is 0. The van der Waals surface area contributed by atoms with Crippen LogP contribution in [0.5, 0.6) is 0 Å². The maximum Gasteiger partial charge on any atom is 2.00 e. The van der Waals surface area contributed by atoms with Gasteiger partial charge in [-0.2, -0.15) is 19.3 Å². The Labute approximate surface area is 98.4 Å². The third-order valence-electron chi connectivity index (χ3n) is 1.32. The first kappa shape index (κ1) is 18.1. The van der Waals surface area contributed by atoms with Crippen LogP contribution in [-0.2, 0) is 0 Å². The van der Waals surface area contributed by atoms with Crippen LogP contribution in [0.1, 0.15) is 45.4 Å². The van der Waals surface area contributed by atoms with Crippen molar-refractivity contribution in [3.63, 3.8) is 0 Å². The summed E-state index contributed by atoms with van der Waals surface area (Å²) < 4.78 is 0. The molecule has 0 unspecified atom stereocenters. The largest absolute Gasteiger partial charge is 2.00 e. The van der Waals surface area contributed by atoms with Crippen LogP contribution in [0.4, 0.5) is 0 Å². The molecule has 11 heavy (non-hydrogen) atoms. The Kier molecular flexibility index (Phi) is 28.6. The van der Waals surface area contributed by atoms with Gasteiger partial charge in [-0.15, -0.1) is 17.0 Å². The molecule has 0 N–H and O–H groups in total. The van der Waals surface area contributed by atoms with Gasteiger partial charge >= 0.3 is 23.1 Å². The minimum Gasteiger partial charge on any atom is -0.344 e. The van der Waals surface area contributed by atoms with Crippen molar-refractivity contribution in [2.75, 3.05) is 0 Å². The topological polar surface area (TPSA) is 0 Å². The molecule has 0 amide bonds. The molecule has 1 saturated carbocycles. The van der Waals surface area contributed by atoms with Gasteiger partial charge in [-0.1, -0.05) is 26.2 Å². The van der Waals surface area contributed by atoms with Crippen molar-refractivity contribution in [2.45, 2.75) is 45.4 Å². The molecule has 0 nitrogen and oxygen atoms in total. The van der Waals surface area contributed by atoms with Crippen LogP contribution in [0.2, 0.25) is 0 Å². The average Bonchev–Trinajstić information content (AvgIpc) is 1.93. The van der Waals surface area contributed by atoms with E-state index in [1.165, 1.54) is 32.1 Å². The Hall–Kier alpha value is 1.25. The van der Waals surface area contributed by atoms with Gasteiger partial charge in [0, 0.05) is 0 Å². The Morgan fingerprint density at radius 1 is 1.18 bits per heavy atom. The van der Waals surface area contributed by atoms with Crippen molar-refractivity contribution >= 4 is 40.0 Å². The van der Waals surface area contributed by atoms with Gasteiger partial charge in [0.2, 0.25) is 0 Å². The van der Waals surface area contributed by atoms with Gasteiger partial charge in [0.25, 0.3) is 0 Å². The van der Waals surface area contributed by atoms with Gasteiger partial charge < -0.3 is 13.3 Å². The number of halogens is 1. The van der Waals surface area contributed by atoms with Crippen LogP contribution in [0.3, 0.4) is 0 Å². The normalized spacial score (nSPS) is 14.7. The standard InChI is InChI=1S/C6H11.C3H7.BrH.Mg/c1-2-4-6-5-3-1;1-3-2;;/h1H,2-6H2;1,3H2,2H3;1H;/q2*-1;;+2. The van der Waals surface area contributed by atoms with E-state index < -0.39 is 0 Å². The first-order valence-electron chi connectivity index (χ1n) is 4.02. The molecular formula is C9H19BrMg. The van der Waals surface area contributed by atoms with Crippen LogP contribution >= 0.6 is 17.0 Å². The molecule has 0 heterocycles. The molecule has 0 saturated heterocycles. The van der Waals surface area contributed by atoms with Crippen LogP contribution in [-0.4, -0.2) is 23.1 Å². The van der Waals surface area contributed by atoms with E-state index in [0.29, 0.717) is 0 Å². The van der Waals surface area contributed by atoms with Crippen LogP contribution in [0.15, 0.2) is 0 Å². The SMILES string of the molecule is Br.[CH-]1CCCCC1.[CH2-]CC.[Mg+2]. The Morgan fingerprint density at radius 2 is 1.55 bits per heavy atom. The quantitative estimate of drug-likeness (QED) is 0.441. The Balaban J connectivity index is -0.000000116. The molecule has 0 aromatic carbocycles. The van der Waals surface area contributed by atoms with Crippen molar-refractivity contribution in [3.05, 3.63) is 13.3 Å². The predicted octanol–water partition coefficient (Wildman–Crippen LogP) is 3.58. The zero-order valence-corrected chi connectivity index (χ0v) is 10.8. The van der Waals surface area contributed by atoms with E-state index >= 15 is 0 Å². The van der Waals surface area contributed by atoms with E-state index in [2.05, 4.69) is 13.3 Å². The second-order valence-corrected chi connectivity index (χ2v) is 2.43. The maximum absolute atomic E-state index is 3.49. The molecule has 0 radical (unpaired) electrons. The van der Waals surface area contributed by atoms with E-state index in [4.69, 9.17) is 0 Å². The zero-order valence-electron chi connectivity index (χ0n) is 7.64. The monoisotopic (exact) mass is 230 g/mol. The first-order chi connectivity index (χ1) is 4.41. The number of hydrogen-bond donors (Lipinski definition) is 0. The third kappa shape index (κ3) is 18.3. The molecule has 1 fully saturated rings. The summed E-state index contributed by atoms with van der Waals surface area (Å²) >= 11 is 0. The summed E-state index contributed by atoms with van der Waals surface area (Å²) in [6.07, 6.45) is 10.5. The molecule has 0 spiro atoms. The van der Waals surface area contributed by atoms with Gasteiger partial charge in [-0.3, -0.25) is 0 Å². The number of rotatable bonds is 0. The zero-order chi connectivity index (χ0) is 6.95. The van der Waals surface area contributed by atoms with Crippen molar-refractivity contribution in [1.82, 2.24) is 0 Å². The molecule has 64 valence electrons. The molecule has 1 aliphatic rings. The Bertz CT molecular complexity index is 33.3. The Morgan fingerprint density at radius 3 is 1.64 bits per heavy atom. The molecule has 0 aliphatic heterocycles. The summed E-state index contributed by atoms with van der Waals surface area (Å²) in [6.45, 7) is 5.50. The van der Waals surface area contributed by atoms with Gasteiger partial charge in [0.05, 0.1) is 0 Å². The maximum atomic E-state index is 3.49. The number of hydrogen-bond acceptors (Lipinski definition) is 0. The summed E-state index contributed by atoms with van der Waals surface area (Å²) in [6, 6.07) is 0. The molecule has 0 aromatic rings. The molecule has 1 rings (SSSR count). The molecule has 0 atom stereocenters. The van der Waals surface area contributed by atoms with E-state index in [-0.39, 0.29) is 40.0 Å². The molecule has 0 aromatic heterocycles. The predicted molar refractivity (Wildman–Crippen MR) is 59.1 cm³/mol. The summed E-state index contributed by atoms with van der Waals surface area (Å²) in [7, 11) is 0. The second kappa shape index (κ2) is 17.4. The van der Waals surface area contributed by atoms with Crippen molar-refractivity contribution in [1.29, 1.82) is 0 Å². The van der Waals surface area contributed by atoms with Gasteiger partial charge in [-0.25, -0.2) is 0 Å². The van der Waals surface area contributed by atoms with Crippen molar-refractivity contribution in [2.24, 2.45) is 0 Å². The van der Waals surface area contributed by atoms with Gasteiger partial charge in [0.1, 0.15) is 0 Å². The molecule has 0 bridgehead atoms. The van der Waals surface area contributed by atoms with E-state index in [1.807, 2.05) is 6.92 Å². The van der Waals surface area contributed by atoms with Crippen LogP contribution in [0.25, 0.3) is 0 Å². The first-order valence-corrected chi connectivity index (χ1v) is 4.02. The summed E-state index contributed by atoms with van der Waals surface area (Å²) in [5.74, 6) is 0. The minimum atomic E-state index is 0. The summed E-state index contributed by atoms with van der Waals surface area (Å²) in [4.78, 5) is 0. The van der Waals surface area contributed by atoms with E-state index in [1.54, 1.807) is 0 Å². The molecule has 2 heteroatoms. The second-order valence-electron chi connectivity index (χ2n) is 2.43. The molecular weight excluding hydrogens is 212 g/mol. The fourth-order valence-electron chi connectivity index (χ4n) is 0.898.